The quantitative estimate of drug-likeness (QED) is 0.571. The first kappa shape index (κ1) is 13.6. The van der Waals surface area contributed by atoms with Crippen molar-refractivity contribution in [3.63, 3.8) is 0 Å². The zero-order chi connectivity index (χ0) is 12.8. The fourth-order valence-electron chi connectivity index (χ4n) is 1.91. The Bertz CT molecular complexity index is 351. The van der Waals surface area contributed by atoms with Gasteiger partial charge >= 0.3 is 0 Å². The van der Waals surface area contributed by atoms with E-state index in [1.165, 1.54) is 0 Å². The molecule has 1 aromatic carbocycles. The normalized spacial score (nSPS) is 12.7. The lowest BCUT2D eigenvalue weighted by molar-refractivity contribution is 0.114. The highest BCUT2D eigenvalue weighted by molar-refractivity contribution is 5.69. The van der Waals surface area contributed by atoms with Gasteiger partial charge in [0.2, 0.25) is 0 Å². The summed E-state index contributed by atoms with van der Waals surface area (Å²) in [5.74, 6) is 0.341. The average Bonchev–Trinajstić information content (AvgIpc) is 2.32. The van der Waals surface area contributed by atoms with Crippen molar-refractivity contribution in [3.8, 4) is 0 Å². The molecule has 0 bridgehead atoms. The molecule has 0 aromatic heterocycles. The molecule has 0 heterocycles. The molecule has 0 saturated heterocycles. The van der Waals surface area contributed by atoms with Crippen LogP contribution in [0.3, 0.4) is 0 Å². The van der Waals surface area contributed by atoms with Crippen molar-refractivity contribution >= 4 is 17.1 Å². The zero-order valence-corrected chi connectivity index (χ0v) is 10.6. The van der Waals surface area contributed by atoms with Crippen LogP contribution in [0, 0.1) is 5.92 Å². The van der Waals surface area contributed by atoms with Gasteiger partial charge in [-0.15, -0.1) is 0 Å². The predicted octanol–water partition coefficient (Wildman–Crippen LogP) is 2.06. The number of nitrogen functional groups attached to an aromatic ring is 2. The second-order valence-corrected chi connectivity index (χ2v) is 4.37. The van der Waals surface area contributed by atoms with Crippen molar-refractivity contribution < 1.29 is 5.11 Å². The molecule has 0 aliphatic rings. The van der Waals surface area contributed by atoms with Crippen molar-refractivity contribution in [1.82, 2.24) is 0 Å². The third kappa shape index (κ3) is 3.82. The van der Waals surface area contributed by atoms with Crippen molar-refractivity contribution in [1.29, 1.82) is 0 Å². The van der Waals surface area contributed by atoms with E-state index in [4.69, 9.17) is 11.5 Å². The number of nitrogens with two attached hydrogens (primary N) is 2. The fourth-order valence-corrected chi connectivity index (χ4v) is 1.91. The number of aliphatic hydroxyl groups excluding tert-OH is 1. The van der Waals surface area contributed by atoms with Crippen LogP contribution in [0.1, 0.15) is 26.7 Å². The molecule has 1 atom stereocenters. The van der Waals surface area contributed by atoms with E-state index in [2.05, 4.69) is 19.2 Å². The van der Waals surface area contributed by atoms with E-state index in [-0.39, 0.29) is 6.10 Å². The standard InChI is InChI=1S/C13H23N3O/c1-3-9(4-2)13(17)8-16-10-5-6-11(14)12(15)7-10/h5-7,9,13,16-17H,3-4,8,14-15H2,1-2H3. The molecule has 0 radical (unpaired) electrons. The van der Waals surface area contributed by atoms with Gasteiger partial charge in [-0.1, -0.05) is 26.7 Å². The monoisotopic (exact) mass is 237 g/mol. The van der Waals surface area contributed by atoms with Gasteiger partial charge in [-0.2, -0.15) is 0 Å². The summed E-state index contributed by atoms with van der Waals surface area (Å²) in [6.45, 7) is 4.73. The van der Waals surface area contributed by atoms with Crippen LogP contribution >= 0.6 is 0 Å². The Labute approximate surface area is 103 Å². The topological polar surface area (TPSA) is 84.3 Å². The van der Waals surface area contributed by atoms with Gasteiger partial charge in [-0.3, -0.25) is 0 Å². The molecule has 0 fully saturated rings. The van der Waals surface area contributed by atoms with Gasteiger partial charge in [0.1, 0.15) is 0 Å². The van der Waals surface area contributed by atoms with E-state index < -0.39 is 0 Å². The van der Waals surface area contributed by atoms with Crippen LogP contribution in [-0.4, -0.2) is 17.8 Å². The summed E-state index contributed by atoms with van der Waals surface area (Å²) in [7, 11) is 0. The molecule has 1 rings (SSSR count). The van der Waals surface area contributed by atoms with Crippen molar-refractivity contribution in [3.05, 3.63) is 18.2 Å². The minimum absolute atomic E-state index is 0.330. The van der Waals surface area contributed by atoms with Crippen LogP contribution < -0.4 is 16.8 Å². The Hall–Kier alpha value is -1.42. The molecule has 0 amide bonds. The lowest BCUT2D eigenvalue weighted by atomic mass is 9.96. The molecular weight excluding hydrogens is 214 g/mol. The largest absolute Gasteiger partial charge is 0.397 e. The highest BCUT2D eigenvalue weighted by Crippen LogP contribution is 2.20. The molecular formula is C13H23N3O. The van der Waals surface area contributed by atoms with Gasteiger partial charge in [0.25, 0.3) is 0 Å². The SMILES string of the molecule is CCC(CC)C(O)CNc1ccc(N)c(N)c1. The third-order valence-corrected chi connectivity index (χ3v) is 3.20. The minimum Gasteiger partial charge on any atom is -0.397 e. The zero-order valence-electron chi connectivity index (χ0n) is 10.6. The maximum Gasteiger partial charge on any atom is 0.0740 e. The maximum atomic E-state index is 9.98. The summed E-state index contributed by atoms with van der Waals surface area (Å²) < 4.78 is 0. The van der Waals surface area contributed by atoms with Crippen LogP contribution in [0.5, 0.6) is 0 Å². The molecule has 1 aromatic rings. The van der Waals surface area contributed by atoms with Crippen LogP contribution in [0.25, 0.3) is 0 Å². The fraction of sp³-hybridized carbons (Fsp3) is 0.538. The molecule has 96 valence electrons. The summed E-state index contributed by atoms with van der Waals surface area (Å²) in [4.78, 5) is 0. The Kier molecular flexibility index (Phi) is 5.10. The van der Waals surface area contributed by atoms with Gasteiger partial charge in [0.15, 0.2) is 0 Å². The Morgan fingerprint density at radius 2 is 1.82 bits per heavy atom. The number of hydrogen-bond acceptors (Lipinski definition) is 4. The van der Waals surface area contributed by atoms with Crippen LogP contribution in [0.4, 0.5) is 17.1 Å². The molecule has 1 unspecified atom stereocenters. The Morgan fingerprint density at radius 1 is 1.18 bits per heavy atom. The van der Waals surface area contributed by atoms with E-state index in [0.717, 1.165) is 18.5 Å². The van der Waals surface area contributed by atoms with Crippen molar-refractivity contribution in [2.75, 3.05) is 23.3 Å². The Balaban J connectivity index is 2.52. The number of rotatable bonds is 6. The van der Waals surface area contributed by atoms with Crippen LogP contribution in [-0.2, 0) is 0 Å². The van der Waals surface area contributed by atoms with E-state index in [1.54, 1.807) is 12.1 Å². The molecule has 0 aliphatic heterocycles. The van der Waals surface area contributed by atoms with E-state index in [1.807, 2.05) is 6.07 Å². The summed E-state index contributed by atoms with van der Waals surface area (Å²) in [5.41, 5.74) is 13.4. The number of nitrogens with one attached hydrogen (secondary N) is 1. The number of aliphatic hydroxyl groups is 1. The molecule has 6 N–H and O–H groups in total. The average molecular weight is 237 g/mol. The summed E-state index contributed by atoms with van der Waals surface area (Å²) >= 11 is 0. The lowest BCUT2D eigenvalue weighted by Crippen LogP contribution is -2.27. The first-order valence-corrected chi connectivity index (χ1v) is 6.15. The van der Waals surface area contributed by atoms with Crippen LogP contribution in [0.15, 0.2) is 18.2 Å². The third-order valence-electron chi connectivity index (χ3n) is 3.20. The second-order valence-electron chi connectivity index (χ2n) is 4.37. The predicted molar refractivity (Wildman–Crippen MR) is 73.8 cm³/mol. The van der Waals surface area contributed by atoms with Crippen LogP contribution in [0.2, 0.25) is 0 Å². The molecule has 4 nitrogen and oxygen atoms in total. The molecule has 17 heavy (non-hydrogen) atoms. The van der Waals surface area contributed by atoms with Gasteiger partial charge < -0.3 is 21.9 Å². The van der Waals surface area contributed by atoms with E-state index in [0.29, 0.717) is 23.8 Å². The molecule has 0 saturated carbocycles. The minimum atomic E-state index is -0.330. The number of benzene rings is 1. The maximum absolute atomic E-state index is 9.98. The second kappa shape index (κ2) is 6.35. The summed E-state index contributed by atoms with van der Waals surface area (Å²) in [6.07, 6.45) is 1.65. The first-order chi connectivity index (χ1) is 8.08. The molecule has 0 spiro atoms. The Morgan fingerprint density at radius 3 is 2.35 bits per heavy atom. The van der Waals surface area contributed by atoms with Gasteiger partial charge in [-0.05, 0) is 24.1 Å². The number of anilines is 3. The lowest BCUT2D eigenvalue weighted by Gasteiger charge is -2.21. The molecule has 0 aliphatic carbocycles. The van der Waals surface area contributed by atoms with Gasteiger partial charge in [0.05, 0.1) is 17.5 Å². The summed E-state index contributed by atoms with van der Waals surface area (Å²) in [5, 5.41) is 13.2. The van der Waals surface area contributed by atoms with Crippen molar-refractivity contribution in [2.45, 2.75) is 32.8 Å². The highest BCUT2D eigenvalue weighted by atomic mass is 16.3. The number of hydrogen-bond donors (Lipinski definition) is 4. The summed E-state index contributed by atoms with van der Waals surface area (Å²) in [6, 6.07) is 5.42. The van der Waals surface area contributed by atoms with E-state index >= 15 is 0 Å². The molecule has 4 heteroatoms. The van der Waals surface area contributed by atoms with E-state index in [9.17, 15) is 5.11 Å². The van der Waals surface area contributed by atoms with Gasteiger partial charge in [0, 0.05) is 12.2 Å². The van der Waals surface area contributed by atoms with Crippen molar-refractivity contribution in [2.24, 2.45) is 5.92 Å². The first-order valence-electron chi connectivity index (χ1n) is 6.15. The highest BCUT2D eigenvalue weighted by Gasteiger charge is 2.14. The smallest absolute Gasteiger partial charge is 0.0740 e. The van der Waals surface area contributed by atoms with Gasteiger partial charge in [-0.25, -0.2) is 0 Å².